The van der Waals surface area contributed by atoms with Gasteiger partial charge in [0, 0.05) is 25.2 Å². The first-order valence-corrected chi connectivity index (χ1v) is 13.0. The molecule has 0 bridgehead atoms. The van der Waals surface area contributed by atoms with Crippen LogP contribution in [-0.4, -0.2) is 63.7 Å². The summed E-state index contributed by atoms with van der Waals surface area (Å²) in [6, 6.07) is 12.3. The number of hydrogen-bond donors (Lipinski definition) is 0. The number of amides is 2. The Morgan fingerprint density at radius 2 is 1.58 bits per heavy atom. The first-order valence-electron chi connectivity index (χ1n) is 13.0. The Hall–Kier alpha value is -3.75. The number of carbonyl (C=O) groups is 3. The molecule has 0 N–H and O–H groups in total. The van der Waals surface area contributed by atoms with Gasteiger partial charge in [-0.2, -0.15) is 0 Å². The number of rotatable bonds is 8. The zero-order chi connectivity index (χ0) is 27.2. The second kappa shape index (κ2) is 12.2. The van der Waals surface area contributed by atoms with Crippen molar-refractivity contribution in [1.29, 1.82) is 0 Å². The first-order chi connectivity index (χ1) is 18.4. The van der Waals surface area contributed by atoms with Crippen molar-refractivity contribution < 1.29 is 33.3 Å². The third kappa shape index (κ3) is 5.56. The van der Waals surface area contributed by atoms with E-state index in [0.717, 1.165) is 5.56 Å². The molecule has 4 rings (SSSR count). The van der Waals surface area contributed by atoms with Crippen molar-refractivity contribution in [3.8, 4) is 17.2 Å². The summed E-state index contributed by atoms with van der Waals surface area (Å²) in [6.07, 6.45) is 1.82. The molecule has 2 amide bonds. The van der Waals surface area contributed by atoms with Gasteiger partial charge < -0.3 is 28.7 Å². The lowest BCUT2D eigenvalue weighted by Crippen LogP contribution is -2.51. The quantitative estimate of drug-likeness (QED) is 0.482. The first kappa shape index (κ1) is 27.3. The number of carbonyl (C=O) groups excluding carboxylic acids is 3. The molecule has 9 heteroatoms. The number of nitrogens with zero attached hydrogens (tertiary/aromatic N) is 2. The Bertz CT molecular complexity index is 1140. The number of benzene rings is 2. The lowest BCUT2D eigenvalue weighted by Gasteiger charge is -2.43. The molecule has 204 valence electrons. The van der Waals surface area contributed by atoms with Crippen molar-refractivity contribution in [3.05, 3.63) is 48.0 Å². The van der Waals surface area contributed by atoms with E-state index in [-0.39, 0.29) is 30.1 Å². The zero-order valence-electron chi connectivity index (χ0n) is 22.5. The molecule has 0 radical (unpaired) electrons. The summed E-state index contributed by atoms with van der Waals surface area (Å²) in [4.78, 5) is 43.2. The third-order valence-electron chi connectivity index (χ3n) is 7.44. The lowest BCUT2D eigenvalue weighted by molar-refractivity contribution is -0.152. The van der Waals surface area contributed by atoms with Crippen LogP contribution in [0.15, 0.2) is 42.5 Å². The fourth-order valence-electron chi connectivity index (χ4n) is 5.45. The molecule has 2 aromatic carbocycles. The summed E-state index contributed by atoms with van der Waals surface area (Å²) in [5.74, 6) is 0.849. The Labute approximate surface area is 223 Å². The van der Waals surface area contributed by atoms with Crippen LogP contribution in [-0.2, 0) is 19.1 Å². The van der Waals surface area contributed by atoms with Gasteiger partial charge in [-0.3, -0.25) is 14.4 Å². The number of ether oxygens (including phenoxy) is 4. The molecule has 38 heavy (non-hydrogen) atoms. The van der Waals surface area contributed by atoms with Crippen LogP contribution in [0.5, 0.6) is 17.2 Å². The number of piperidine rings is 2. The number of hydrogen-bond acceptors (Lipinski definition) is 7. The van der Waals surface area contributed by atoms with Crippen LogP contribution in [0.4, 0.5) is 5.69 Å². The van der Waals surface area contributed by atoms with Gasteiger partial charge in [0.25, 0.3) is 0 Å². The van der Waals surface area contributed by atoms with Gasteiger partial charge in [0.1, 0.15) is 5.75 Å². The SMILES string of the molecule is CCOC(=O)C1CCN(C(=O)C2CCC(=O)N(c3ccc(OC)cc3)C2c2ccc(OC)c(OC)c2)CC1. The van der Waals surface area contributed by atoms with Crippen LogP contribution in [0, 0.1) is 11.8 Å². The molecule has 0 aromatic heterocycles. The van der Waals surface area contributed by atoms with Crippen molar-refractivity contribution in [2.75, 3.05) is 45.9 Å². The Morgan fingerprint density at radius 3 is 2.18 bits per heavy atom. The van der Waals surface area contributed by atoms with Crippen molar-refractivity contribution in [3.63, 3.8) is 0 Å². The number of likely N-dealkylation sites (tertiary alicyclic amines) is 1. The van der Waals surface area contributed by atoms with Crippen LogP contribution in [0.2, 0.25) is 0 Å². The van der Waals surface area contributed by atoms with E-state index >= 15 is 0 Å². The van der Waals surface area contributed by atoms with Gasteiger partial charge in [0.05, 0.1) is 45.8 Å². The van der Waals surface area contributed by atoms with E-state index in [9.17, 15) is 14.4 Å². The summed E-state index contributed by atoms with van der Waals surface area (Å²) >= 11 is 0. The highest BCUT2D eigenvalue weighted by molar-refractivity contribution is 5.97. The van der Waals surface area contributed by atoms with E-state index in [1.807, 2.05) is 29.2 Å². The van der Waals surface area contributed by atoms with E-state index in [1.165, 1.54) is 0 Å². The van der Waals surface area contributed by atoms with Crippen molar-refractivity contribution in [2.45, 2.75) is 38.6 Å². The van der Waals surface area contributed by atoms with E-state index in [2.05, 4.69) is 0 Å². The van der Waals surface area contributed by atoms with Gasteiger partial charge in [0.2, 0.25) is 11.8 Å². The predicted molar refractivity (Wildman–Crippen MR) is 141 cm³/mol. The normalized spacial score (nSPS) is 20.2. The maximum Gasteiger partial charge on any atom is 0.309 e. The van der Waals surface area contributed by atoms with Gasteiger partial charge in [-0.05, 0) is 68.1 Å². The molecule has 0 saturated carbocycles. The minimum atomic E-state index is -0.542. The largest absolute Gasteiger partial charge is 0.497 e. The van der Waals surface area contributed by atoms with Crippen LogP contribution >= 0.6 is 0 Å². The molecule has 0 aliphatic carbocycles. The molecule has 2 atom stereocenters. The van der Waals surface area contributed by atoms with Gasteiger partial charge in [-0.15, -0.1) is 0 Å². The molecule has 2 heterocycles. The summed E-state index contributed by atoms with van der Waals surface area (Å²) < 4.78 is 21.5. The van der Waals surface area contributed by atoms with Gasteiger partial charge >= 0.3 is 5.97 Å². The fourth-order valence-corrected chi connectivity index (χ4v) is 5.45. The highest BCUT2D eigenvalue weighted by Crippen LogP contribution is 2.43. The highest BCUT2D eigenvalue weighted by atomic mass is 16.5. The minimum Gasteiger partial charge on any atom is -0.497 e. The van der Waals surface area contributed by atoms with E-state index in [1.54, 1.807) is 51.4 Å². The van der Waals surface area contributed by atoms with Gasteiger partial charge in [-0.25, -0.2) is 0 Å². The van der Waals surface area contributed by atoms with Crippen LogP contribution in [0.1, 0.15) is 44.2 Å². The standard InChI is InChI=1S/C29H36N2O7/c1-5-38-29(34)19-14-16-30(17-15-19)28(33)23-11-13-26(32)31(21-7-9-22(35-2)10-8-21)27(23)20-6-12-24(36-3)25(18-20)37-4/h6-10,12,18-19,23,27H,5,11,13-17H2,1-4H3. The fraction of sp³-hybridized carbons (Fsp3) is 0.483. The molecule has 2 saturated heterocycles. The summed E-state index contributed by atoms with van der Waals surface area (Å²) in [5.41, 5.74) is 1.47. The molecule has 2 unspecified atom stereocenters. The summed E-state index contributed by atoms with van der Waals surface area (Å²) in [7, 11) is 4.72. The van der Waals surface area contributed by atoms with Crippen LogP contribution in [0.3, 0.4) is 0 Å². The number of methoxy groups -OCH3 is 3. The Balaban J connectivity index is 1.68. The van der Waals surface area contributed by atoms with Crippen LogP contribution < -0.4 is 19.1 Å². The Morgan fingerprint density at radius 1 is 0.895 bits per heavy atom. The summed E-state index contributed by atoms with van der Waals surface area (Å²) in [6.45, 7) is 3.11. The monoisotopic (exact) mass is 524 g/mol. The average Bonchev–Trinajstić information content (AvgIpc) is 2.96. The highest BCUT2D eigenvalue weighted by Gasteiger charge is 2.44. The smallest absolute Gasteiger partial charge is 0.309 e. The zero-order valence-corrected chi connectivity index (χ0v) is 22.5. The van der Waals surface area contributed by atoms with Gasteiger partial charge in [-0.1, -0.05) is 6.07 Å². The lowest BCUT2D eigenvalue weighted by atomic mass is 9.82. The van der Waals surface area contributed by atoms with Gasteiger partial charge in [0.15, 0.2) is 11.5 Å². The topological polar surface area (TPSA) is 94.6 Å². The maximum atomic E-state index is 14.0. The second-order valence-electron chi connectivity index (χ2n) is 9.52. The number of esters is 1. The molecule has 2 aliphatic heterocycles. The number of anilines is 1. The third-order valence-corrected chi connectivity index (χ3v) is 7.44. The van der Waals surface area contributed by atoms with E-state index in [4.69, 9.17) is 18.9 Å². The molecular formula is C29H36N2O7. The maximum absolute atomic E-state index is 14.0. The molecule has 2 fully saturated rings. The molecule has 2 aliphatic rings. The van der Waals surface area contributed by atoms with E-state index < -0.39 is 12.0 Å². The van der Waals surface area contributed by atoms with Crippen LogP contribution in [0.25, 0.3) is 0 Å². The minimum absolute atomic E-state index is 0.0156. The van der Waals surface area contributed by atoms with Crippen molar-refractivity contribution in [2.24, 2.45) is 11.8 Å². The average molecular weight is 525 g/mol. The molecule has 9 nitrogen and oxygen atoms in total. The van der Waals surface area contributed by atoms with E-state index in [0.29, 0.717) is 61.9 Å². The second-order valence-corrected chi connectivity index (χ2v) is 9.52. The Kier molecular flexibility index (Phi) is 8.76. The van der Waals surface area contributed by atoms with Crippen molar-refractivity contribution in [1.82, 2.24) is 4.90 Å². The predicted octanol–water partition coefficient (Wildman–Crippen LogP) is 4.00. The molecular weight excluding hydrogens is 488 g/mol. The molecule has 0 spiro atoms. The summed E-state index contributed by atoms with van der Waals surface area (Å²) in [5, 5.41) is 0. The molecule has 2 aromatic rings. The van der Waals surface area contributed by atoms with Crippen molar-refractivity contribution >= 4 is 23.5 Å².